The Bertz CT molecular complexity index is 1470. The van der Waals surface area contributed by atoms with E-state index in [1.165, 1.54) is 6.07 Å². The number of sulfonamides is 1. The molecule has 0 atom stereocenters. The van der Waals surface area contributed by atoms with Crippen LogP contribution in [0.15, 0.2) is 53.4 Å². The van der Waals surface area contributed by atoms with Gasteiger partial charge < -0.3 is 19.3 Å². The first kappa shape index (κ1) is 31.9. The maximum atomic E-state index is 13.3. The summed E-state index contributed by atoms with van der Waals surface area (Å²) in [7, 11) is -4.91. The molecule has 2 aromatic carbocycles. The molecule has 1 heterocycles. The van der Waals surface area contributed by atoms with Gasteiger partial charge in [-0.2, -0.15) is 26.3 Å². The van der Waals surface area contributed by atoms with E-state index in [-0.39, 0.29) is 5.69 Å². The van der Waals surface area contributed by atoms with Gasteiger partial charge in [0.15, 0.2) is 13.2 Å². The predicted molar refractivity (Wildman–Crippen MR) is 137 cm³/mol. The van der Waals surface area contributed by atoms with Gasteiger partial charge in [0.2, 0.25) is 5.06 Å². The number of carbonyl (C=O) groups is 1. The number of rotatable bonds is 11. The van der Waals surface area contributed by atoms with Crippen molar-refractivity contribution in [1.82, 2.24) is 0 Å². The van der Waals surface area contributed by atoms with Gasteiger partial charge in [0, 0.05) is 10.9 Å². The second kappa shape index (κ2) is 12.5. The fourth-order valence-corrected chi connectivity index (χ4v) is 5.69. The van der Waals surface area contributed by atoms with Gasteiger partial charge in [-0.05, 0) is 41.7 Å². The normalized spacial score (nSPS) is 12.3. The summed E-state index contributed by atoms with van der Waals surface area (Å²) in [4.78, 5) is 10.6. The summed E-state index contributed by atoms with van der Waals surface area (Å²) < 4.78 is 119. The first-order valence-corrected chi connectivity index (χ1v) is 13.9. The molecule has 0 aliphatic rings. The molecule has 3 aromatic rings. The van der Waals surface area contributed by atoms with Crippen molar-refractivity contribution in [2.45, 2.75) is 37.5 Å². The molecule has 0 aliphatic heterocycles. The molecule has 0 spiro atoms. The minimum atomic E-state index is -4.91. The van der Waals surface area contributed by atoms with Gasteiger partial charge in [0.05, 0.1) is 0 Å². The molecule has 41 heavy (non-hydrogen) atoms. The highest BCUT2D eigenvalue weighted by Gasteiger charge is 2.32. The van der Waals surface area contributed by atoms with E-state index in [0.29, 0.717) is 28.5 Å². The monoisotopic (exact) mass is 627 g/mol. The standard InChI is InChI=1S/C25H23F6NO7S2/c1-14(2)9-15-3-5-16(6-4-15)20-11-18(22(40-20)39-23(33)34)32-41(35,36)21-10-17(37-12-24(26,27)28)7-8-19(21)38-13-25(29,30)31/h3-8,10-11,14,32H,9,12-13H2,1-2H3,(H,33,34). The van der Waals surface area contributed by atoms with Crippen LogP contribution in [0.2, 0.25) is 0 Å². The number of hydrogen-bond acceptors (Lipinski definition) is 7. The summed E-state index contributed by atoms with van der Waals surface area (Å²) in [6.45, 7) is 0.377. The molecule has 224 valence electrons. The SMILES string of the molecule is CC(C)Cc1ccc(-c2cc(NS(=O)(=O)c3cc(OCC(F)(F)F)ccc3OCC(F)(F)F)c(OC(=O)O)s2)cc1. The Morgan fingerprint density at radius 1 is 0.951 bits per heavy atom. The number of ether oxygens (including phenoxy) is 3. The van der Waals surface area contributed by atoms with Crippen molar-refractivity contribution in [3.05, 3.63) is 54.1 Å². The summed E-state index contributed by atoms with van der Waals surface area (Å²) in [6.07, 6.45) is -10.6. The molecule has 0 saturated heterocycles. The van der Waals surface area contributed by atoms with Crippen LogP contribution in [0.3, 0.4) is 0 Å². The highest BCUT2D eigenvalue weighted by molar-refractivity contribution is 7.92. The number of carboxylic acid groups (broad SMARTS) is 1. The average molecular weight is 628 g/mol. The molecule has 8 nitrogen and oxygen atoms in total. The Hall–Kier alpha value is -3.66. The molecule has 0 amide bonds. The molecular formula is C25H23F6NO7S2. The van der Waals surface area contributed by atoms with Crippen LogP contribution < -0.4 is 18.9 Å². The first-order chi connectivity index (χ1) is 18.9. The summed E-state index contributed by atoms with van der Waals surface area (Å²) in [5, 5.41) is 8.72. The van der Waals surface area contributed by atoms with Gasteiger partial charge in [-0.15, -0.1) is 0 Å². The zero-order valence-corrected chi connectivity index (χ0v) is 22.9. The van der Waals surface area contributed by atoms with Crippen LogP contribution in [0, 0.1) is 5.92 Å². The smallest absolute Gasteiger partial charge is 0.484 e. The second-order valence-electron chi connectivity index (χ2n) is 9.00. The molecule has 16 heteroatoms. The van der Waals surface area contributed by atoms with Gasteiger partial charge in [0.25, 0.3) is 10.0 Å². The molecule has 0 fully saturated rings. The van der Waals surface area contributed by atoms with E-state index < -0.39 is 63.2 Å². The lowest BCUT2D eigenvalue weighted by Gasteiger charge is -2.16. The van der Waals surface area contributed by atoms with Crippen molar-refractivity contribution >= 4 is 33.2 Å². The number of hydrogen-bond donors (Lipinski definition) is 2. The van der Waals surface area contributed by atoms with Gasteiger partial charge >= 0.3 is 18.5 Å². The Labute approximate surface area is 234 Å². The quantitative estimate of drug-likeness (QED) is 0.169. The van der Waals surface area contributed by atoms with Gasteiger partial charge in [-0.3, -0.25) is 4.72 Å². The Morgan fingerprint density at radius 2 is 1.56 bits per heavy atom. The molecule has 0 unspecified atom stereocenters. The predicted octanol–water partition coefficient (Wildman–Crippen LogP) is 7.35. The fraction of sp³-hybridized carbons (Fsp3) is 0.320. The van der Waals surface area contributed by atoms with Crippen molar-refractivity contribution < 1.29 is 58.9 Å². The Kier molecular flexibility index (Phi) is 9.69. The molecule has 0 bridgehead atoms. The molecule has 0 saturated carbocycles. The van der Waals surface area contributed by atoms with Crippen molar-refractivity contribution in [3.63, 3.8) is 0 Å². The Balaban J connectivity index is 2.00. The van der Waals surface area contributed by atoms with E-state index in [1.54, 1.807) is 12.1 Å². The third kappa shape index (κ3) is 9.74. The number of nitrogens with one attached hydrogen (secondary N) is 1. The molecule has 2 N–H and O–H groups in total. The fourth-order valence-electron chi connectivity index (χ4n) is 3.45. The summed E-state index contributed by atoms with van der Waals surface area (Å²) in [5.41, 5.74) is 1.23. The van der Waals surface area contributed by atoms with Gasteiger partial charge in [0.1, 0.15) is 22.1 Å². The lowest BCUT2D eigenvalue weighted by Crippen LogP contribution is -2.22. The summed E-state index contributed by atoms with van der Waals surface area (Å²) in [6, 6.07) is 10.5. The zero-order valence-electron chi connectivity index (χ0n) is 21.3. The van der Waals surface area contributed by atoms with E-state index in [9.17, 15) is 39.6 Å². The highest BCUT2D eigenvalue weighted by atomic mass is 32.2. The maximum Gasteiger partial charge on any atom is 0.512 e. The molecule has 1 aromatic heterocycles. The second-order valence-corrected chi connectivity index (χ2v) is 11.7. The summed E-state index contributed by atoms with van der Waals surface area (Å²) in [5.74, 6) is -1.08. The topological polar surface area (TPSA) is 111 Å². The maximum absolute atomic E-state index is 13.3. The Morgan fingerprint density at radius 3 is 2.12 bits per heavy atom. The van der Waals surface area contributed by atoms with Crippen molar-refractivity contribution in [3.8, 4) is 27.0 Å². The van der Waals surface area contributed by atoms with E-state index in [2.05, 4.69) is 9.47 Å². The zero-order chi connectivity index (χ0) is 30.6. The summed E-state index contributed by atoms with van der Waals surface area (Å²) >= 11 is 0.769. The van der Waals surface area contributed by atoms with Gasteiger partial charge in [-0.25, -0.2) is 13.2 Å². The molecule has 0 aliphatic carbocycles. The molecule has 0 radical (unpaired) electrons. The van der Waals surface area contributed by atoms with Crippen LogP contribution in [0.25, 0.3) is 10.4 Å². The number of alkyl halides is 6. The van der Waals surface area contributed by atoms with E-state index in [0.717, 1.165) is 29.4 Å². The average Bonchev–Trinajstić information content (AvgIpc) is 3.21. The number of anilines is 1. The number of benzene rings is 2. The van der Waals surface area contributed by atoms with Crippen LogP contribution >= 0.6 is 11.3 Å². The largest absolute Gasteiger partial charge is 0.512 e. The first-order valence-electron chi connectivity index (χ1n) is 11.6. The van der Waals surface area contributed by atoms with E-state index in [4.69, 9.17) is 9.84 Å². The minimum absolute atomic E-state index is 0.380. The lowest BCUT2D eigenvalue weighted by atomic mass is 10.0. The van der Waals surface area contributed by atoms with E-state index in [1.807, 2.05) is 30.7 Å². The van der Waals surface area contributed by atoms with E-state index >= 15 is 0 Å². The van der Waals surface area contributed by atoms with Crippen molar-refractivity contribution in [2.24, 2.45) is 5.92 Å². The third-order valence-corrected chi connectivity index (χ3v) is 7.45. The molecular weight excluding hydrogens is 604 g/mol. The van der Waals surface area contributed by atoms with Crippen LogP contribution in [0.1, 0.15) is 19.4 Å². The van der Waals surface area contributed by atoms with Crippen molar-refractivity contribution in [1.29, 1.82) is 0 Å². The van der Waals surface area contributed by atoms with Crippen LogP contribution in [-0.4, -0.2) is 45.2 Å². The third-order valence-electron chi connectivity index (χ3n) is 5.00. The van der Waals surface area contributed by atoms with Crippen LogP contribution in [0.4, 0.5) is 36.8 Å². The number of halogens is 6. The van der Waals surface area contributed by atoms with Crippen LogP contribution in [0.5, 0.6) is 16.6 Å². The molecule has 3 rings (SSSR count). The van der Waals surface area contributed by atoms with Gasteiger partial charge in [-0.1, -0.05) is 49.4 Å². The minimum Gasteiger partial charge on any atom is -0.484 e. The lowest BCUT2D eigenvalue weighted by molar-refractivity contribution is -0.154. The highest BCUT2D eigenvalue weighted by Crippen LogP contribution is 2.43. The van der Waals surface area contributed by atoms with Crippen molar-refractivity contribution in [2.75, 3.05) is 17.9 Å². The van der Waals surface area contributed by atoms with Crippen LogP contribution in [-0.2, 0) is 16.4 Å². The number of thiophene rings is 1.